The van der Waals surface area contributed by atoms with Gasteiger partial charge in [0, 0.05) is 17.8 Å². The maximum Gasteiger partial charge on any atom is 0.343 e. The van der Waals surface area contributed by atoms with Crippen LogP contribution in [-0.4, -0.2) is 33.7 Å². The number of carbonyl (C=O) groups is 1. The molecule has 1 fully saturated rings. The van der Waals surface area contributed by atoms with Crippen LogP contribution in [0, 0.1) is 12.8 Å². The topological polar surface area (TPSA) is 71.4 Å². The summed E-state index contributed by atoms with van der Waals surface area (Å²) in [6.45, 7) is 4.39. The largest absolute Gasteiger partial charge is 0.465 e. The third-order valence-electron chi connectivity index (χ3n) is 5.54. The number of ether oxygens (including phenoxy) is 1. The van der Waals surface area contributed by atoms with Crippen molar-refractivity contribution in [3.63, 3.8) is 0 Å². The van der Waals surface area contributed by atoms with Gasteiger partial charge in [-0.2, -0.15) is 0 Å². The summed E-state index contributed by atoms with van der Waals surface area (Å²) in [5.41, 5.74) is 4.11. The number of aryl methyl sites for hydroxylation is 1. The second-order valence-corrected chi connectivity index (χ2v) is 7.61. The number of nitrogens with zero attached hydrogens (tertiary/aromatic N) is 2. The summed E-state index contributed by atoms with van der Waals surface area (Å²) >= 11 is 0. The van der Waals surface area contributed by atoms with E-state index in [0.717, 1.165) is 35.8 Å². The predicted octanol–water partition coefficient (Wildman–Crippen LogP) is 4.42. The van der Waals surface area contributed by atoms with Crippen molar-refractivity contribution in [3.8, 4) is 11.3 Å². The van der Waals surface area contributed by atoms with Gasteiger partial charge in [0.15, 0.2) is 11.5 Å². The zero-order valence-electron chi connectivity index (χ0n) is 16.1. The fourth-order valence-electron chi connectivity index (χ4n) is 3.82. The van der Waals surface area contributed by atoms with Gasteiger partial charge in [-0.05, 0) is 38.5 Å². The highest BCUT2D eigenvalue weighted by molar-refractivity contribution is 5.97. The number of anilines is 1. The first-order valence-electron chi connectivity index (χ1n) is 9.58. The smallest absolute Gasteiger partial charge is 0.343 e. The Bertz CT molecular complexity index is 947. The average molecular weight is 366 g/mol. The summed E-state index contributed by atoms with van der Waals surface area (Å²) in [6, 6.07) is 8.72. The lowest BCUT2D eigenvalue weighted by molar-refractivity contribution is 0.0602. The van der Waals surface area contributed by atoms with Gasteiger partial charge in [-0.1, -0.05) is 36.8 Å². The van der Waals surface area contributed by atoms with Gasteiger partial charge < -0.3 is 10.1 Å². The van der Waals surface area contributed by atoms with E-state index in [1.807, 2.05) is 4.52 Å². The number of aromatic nitrogens is 3. The van der Waals surface area contributed by atoms with Crippen LogP contribution >= 0.6 is 0 Å². The van der Waals surface area contributed by atoms with Crippen molar-refractivity contribution in [3.05, 3.63) is 41.6 Å². The first-order valence-corrected chi connectivity index (χ1v) is 9.58. The number of hydrogen-bond donors (Lipinski definition) is 2. The molecule has 0 radical (unpaired) electrons. The van der Waals surface area contributed by atoms with Crippen LogP contribution in [0.2, 0.25) is 0 Å². The number of hydrogen-bond acceptors (Lipinski definition) is 4. The fraction of sp³-hybridized carbons (Fsp3) is 0.429. The van der Waals surface area contributed by atoms with Crippen LogP contribution in [0.4, 0.5) is 5.82 Å². The molecular weight excluding hydrogens is 340 g/mol. The SMILES string of the molecule is COC(=O)c1c[nH]n2c(NC3CCC(C)CC3)c(-c3ccc(C)cc3)nc12. The highest BCUT2D eigenvalue weighted by Crippen LogP contribution is 2.33. The van der Waals surface area contributed by atoms with E-state index in [2.05, 4.69) is 48.5 Å². The number of nitrogens with one attached hydrogen (secondary N) is 2. The molecule has 2 aromatic heterocycles. The number of aromatic amines is 1. The third-order valence-corrected chi connectivity index (χ3v) is 5.54. The normalized spacial score (nSPS) is 20.0. The summed E-state index contributed by atoms with van der Waals surface area (Å²) < 4.78 is 6.76. The van der Waals surface area contributed by atoms with E-state index in [9.17, 15) is 4.79 Å². The van der Waals surface area contributed by atoms with Gasteiger partial charge in [0.2, 0.25) is 0 Å². The first kappa shape index (κ1) is 17.6. The second kappa shape index (κ2) is 7.10. The zero-order chi connectivity index (χ0) is 19.0. The molecule has 1 aliphatic carbocycles. The van der Waals surface area contributed by atoms with Gasteiger partial charge in [-0.25, -0.2) is 14.3 Å². The van der Waals surface area contributed by atoms with Crippen LogP contribution in [0.15, 0.2) is 30.5 Å². The number of rotatable bonds is 4. The Kier molecular flexibility index (Phi) is 4.64. The van der Waals surface area contributed by atoms with Crippen LogP contribution in [-0.2, 0) is 4.74 Å². The Balaban J connectivity index is 1.78. The van der Waals surface area contributed by atoms with E-state index >= 15 is 0 Å². The molecule has 4 rings (SSSR count). The Hall–Kier alpha value is -2.76. The Morgan fingerprint density at radius 2 is 1.93 bits per heavy atom. The molecule has 27 heavy (non-hydrogen) atoms. The van der Waals surface area contributed by atoms with Crippen LogP contribution in [0.1, 0.15) is 48.5 Å². The van der Waals surface area contributed by atoms with Crippen molar-refractivity contribution >= 4 is 17.4 Å². The Morgan fingerprint density at radius 1 is 1.22 bits per heavy atom. The molecule has 2 N–H and O–H groups in total. The van der Waals surface area contributed by atoms with Crippen molar-refractivity contribution in [1.82, 2.24) is 14.6 Å². The lowest BCUT2D eigenvalue weighted by Crippen LogP contribution is -2.26. The summed E-state index contributed by atoms with van der Waals surface area (Å²) in [5, 5.41) is 6.86. The number of fused-ring (bicyclic) bond motifs is 1. The standard InChI is InChI=1S/C21H26N4O2/c1-13-4-8-15(9-5-13)18-20(23-16-10-6-14(2)7-11-16)25-19(24-18)17(12-22-25)21(26)27-3/h4-5,8-9,12,14,16,22-23H,6-7,10-11H2,1-3H3. The number of methoxy groups -OCH3 is 1. The van der Waals surface area contributed by atoms with E-state index < -0.39 is 0 Å². The van der Waals surface area contributed by atoms with Crippen LogP contribution in [0.5, 0.6) is 0 Å². The van der Waals surface area contributed by atoms with E-state index in [-0.39, 0.29) is 5.97 Å². The van der Waals surface area contributed by atoms with Gasteiger partial charge in [0.25, 0.3) is 0 Å². The molecule has 3 aromatic rings. The molecule has 6 heteroatoms. The second-order valence-electron chi connectivity index (χ2n) is 7.61. The summed E-state index contributed by atoms with van der Waals surface area (Å²) in [5.74, 6) is 1.31. The number of imidazole rings is 1. The minimum Gasteiger partial charge on any atom is -0.465 e. The number of esters is 1. The van der Waals surface area contributed by atoms with Crippen molar-refractivity contribution in [2.45, 2.75) is 45.6 Å². The highest BCUT2D eigenvalue weighted by atomic mass is 16.5. The molecule has 0 bridgehead atoms. The monoisotopic (exact) mass is 366 g/mol. The molecule has 0 unspecified atom stereocenters. The minimum absolute atomic E-state index is 0.389. The maximum atomic E-state index is 12.1. The summed E-state index contributed by atoms with van der Waals surface area (Å²) in [6.07, 6.45) is 6.41. The minimum atomic E-state index is -0.389. The van der Waals surface area contributed by atoms with Crippen molar-refractivity contribution in [2.24, 2.45) is 5.92 Å². The average Bonchev–Trinajstić information content (AvgIpc) is 3.24. The maximum absolute atomic E-state index is 12.1. The fourth-order valence-corrected chi connectivity index (χ4v) is 3.82. The molecule has 0 amide bonds. The first-order chi connectivity index (χ1) is 13.1. The van der Waals surface area contributed by atoms with E-state index in [0.29, 0.717) is 17.3 Å². The Morgan fingerprint density at radius 3 is 2.59 bits per heavy atom. The molecule has 0 spiro atoms. The van der Waals surface area contributed by atoms with E-state index in [4.69, 9.17) is 9.72 Å². The number of benzene rings is 1. The lowest BCUT2D eigenvalue weighted by atomic mass is 9.87. The van der Waals surface area contributed by atoms with Gasteiger partial charge in [0.1, 0.15) is 11.3 Å². The van der Waals surface area contributed by atoms with Gasteiger partial charge in [-0.15, -0.1) is 0 Å². The molecule has 0 saturated heterocycles. The number of carbonyl (C=O) groups excluding carboxylic acids is 1. The van der Waals surface area contributed by atoms with Crippen molar-refractivity contribution in [2.75, 3.05) is 12.4 Å². The van der Waals surface area contributed by atoms with Crippen molar-refractivity contribution < 1.29 is 9.53 Å². The quantitative estimate of drug-likeness (QED) is 0.671. The molecule has 2 heterocycles. The van der Waals surface area contributed by atoms with Crippen molar-refractivity contribution in [1.29, 1.82) is 0 Å². The highest BCUT2D eigenvalue weighted by Gasteiger charge is 2.25. The molecule has 0 atom stereocenters. The van der Waals surface area contributed by atoms with Crippen LogP contribution in [0.25, 0.3) is 16.9 Å². The van der Waals surface area contributed by atoms with Gasteiger partial charge in [-0.3, -0.25) is 5.10 Å². The zero-order valence-corrected chi connectivity index (χ0v) is 16.1. The molecule has 0 aliphatic heterocycles. The summed E-state index contributed by atoms with van der Waals surface area (Å²) in [7, 11) is 1.39. The van der Waals surface area contributed by atoms with E-state index in [1.165, 1.54) is 25.5 Å². The molecule has 6 nitrogen and oxygen atoms in total. The number of H-pyrrole nitrogens is 1. The van der Waals surface area contributed by atoms with Gasteiger partial charge >= 0.3 is 5.97 Å². The van der Waals surface area contributed by atoms with Crippen LogP contribution < -0.4 is 5.32 Å². The van der Waals surface area contributed by atoms with E-state index in [1.54, 1.807) is 6.20 Å². The van der Waals surface area contributed by atoms with Crippen LogP contribution in [0.3, 0.4) is 0 Å². The van der Waals surface area contributed by atoms with Gasteiger partial charge in [0.05, 0.1) is 7.11 Å². The Labute approximate surface area is 158 Å². The third kappa shape index (κ3) is 3.31. The lowest BCUT2D eigenvalue weighted by Gasteiger charge is -2.27. The molecule has 1 aliphatic rings. The molecule has 1 saturated carbocycles. The molecule has 142 valence electrons. The molecular formula is C21H26N4O2. The molecule has 1 aromatic carbocycles. The predicted molar refractivity (Wildman–Crippen MR) is 106 cm³/mol. The summed E-state index contributed by atoms with van der Waals surface area (Å²) in [4.78, 5) is 16.9.